The molecule has 1 amide bonds. The Morgan fingerprint density at radius 1 is 1.35 bits per heavy atom. The van der Waals surface area contributed by atoms with Gasteiger partial charge in [-0.2, -0.15) is 0 Å². The van der Waals surface area contributed by atoms with Crippen LogP contribution in [0.5, 0.6) is 5.75 Å². The van der Waals surface area contributed by atoms with Crippen molar-refractivity contribution in [2.75, 3.05) is 6.61 Å². The maximum absolute atomic E-state index is 12.4. The maximum atomic E-state index is 12.4. The first-order chi connectivity index (χ1) is 9.69. The molecule has 0 bridgehead atoms. The molecule has 20 heavy (non-hydrogen) atoms. The number of carbonyl (C=O) groups is 1. The van der Waals surface area contributed by atoms with Crippen molar-refractivity contribution in [3.63, 3.8) is 0 Å². The highest BCUT2D eigenvalue weighted by Crippen LogP contribution is 2.29. The van der Waals surface area contributed by atoms with E-state index >= 15 is 0 Å². The highest BCUT2D eigenvalue weighted by Gasteiger charge is 2.36. The number of ether oxygens (including phenoxy) is 1. The van der Waals surface area contributed by atoms with E-state index in [9.17, 15) is 9.90 Å². The normalized spacial score (nSPS) is 18.5. The second-order valence-electron chi connectivity index (χ2n) is 5.46. The summed E-state index contributed by atoms with van der Waals surface area (Å²) in [4.78, 5) is 12.4. The third-order valence-electron chi connectivity index (χ3n) is 3.94. The summed E-state index contributed by atoms with van der Waals surface area (Å²) in [6.45, 7) is 1.92. The van der Waals surface area contributed by atoms with Gasteiger partial charge in [-0.1, -0.05) is 38.0 Å². The average Bonchev–Trinajstić information content (AvgIpc) is 2.94. The van der Waals surface area contributed by atoms with Crippen molar-refractivity contribution in [2.45, 2.75) is 50.7 Å². The summed E-state index contributed by atoms with van der Waals surface area (Å²) < 4.78 is 5.73. The Balaban J connectivity index is 1.98. The molecular weight excluding hydrogens is 254 g/mol. The molecule has 4 nitrogen and oxygen atoms in total. The van der Waals surface area contributed by atoms with Crippen molar-refractivity contribution >= 4 is 5.91 Å². The molecule has 2 N–H and O–H groups in total. The van der Waals surface area contributed by atoms with Crippen LogP contribution < -0.4 is 10.1 Å². The van der Waals surface area contributed by atoms with Gasteiger partial charge in [-0.3, -0.25) is 4.79 Å². The number of amides is 1. The maximum Gasteiger partial charge on any atom is 0.261 e. The second kappa shape index (κ2) is 6.75. The lowest BCUT2D eigenvalue weighted by atomic mass is 9.98. The molecule has 4 heteroatoms. The summed E-state index contributed by atoms with van der Waals surface area (Å²) in [6, 6.07) is 9.35. The Labute approximate surface area is 120 Å². The van der Waals surface area contributed by atoms with E-state index in [2.05, 4.69) is 5.32 Å². The summed E-state index contributed by atoms with van der Waals surface area (Å²) in [5.41, 5.74) is -0.440. The Morgan fingerprint density at radius 2 is 2.00 bits per heavy atom. The van der Waals surface area contributed by atoms with Crippen LogP contribution in [0.2, 0.25) is 0 Å². The van der Waals surface area contributed by atoms with E-state index in [1.807, 2.05) is 37.3 Å². The summed E-state index contributed by atoms with van der Waals surface area (Å²) in [7, 11) is 0. The van der Waals surface area contributed by atoms with Gasteiger partial charge in [0, 0.05) is 0 Å². The molecular formula is C16H23NO3. The minimum atomic E-state index is -0.513. The Kier molecular flexibility index (Phi) is 5.01. The lowest BCUT2D eigenvalue weighted by molar-refractivity contribution is -0.130. The molecule has 2 rings (SSSR count). The molecule has 110 valence electrons. The van der Waals surface area contributed by atoms with E-state index in [1.54, 1.807) is 0 Å². The SMILES string of the molecule is CCC(Oc1ccccc1)C(=O)NC1(CO)CCCC1. The summed E-state index contributed by atoms with van der Waals surface area (Å²) in [5, 5.41) is 12.6. The Morgan fingerprint density at radius 3 is 2.55 bits per heavy atom. The van der Waals surface area contributed by atoms with Crippen LogP contribution in [0.25, 0.3) is 0 Å². The molecule has 0 aliphatic heterocycles. The van der Waals surface area contributed by atoms with Gasteiger partial charge in [0.25, 0.3) is 5.91 Å². The van der Waals surface area contributed by atoms with Crippen molar-refractivity contribution in [1.29, 1.82) is 0 Å². The molecule has 1 saturated carbocycles. The number of rotatable bonds is 6. The number of hydrogen-bond donors (Lipinski definition) is 2. The number of para-hydroxylation sites is 1. The molecule has 1 aromatic carbocycles. The third-order valence-corrected chi connectivity index (χ3v) is 3.94. The third kappa shape index (κ3) is 3.51. The number of carbonyl (C=O) groups excluding carboxylic acids is 1. The van der Waals surface area contributed by atoms with Gasteiger partial charge in [0.1, 0.15) is 5.75 Å². The standard InChI is InChI=1S/C16H23NO3/c1-2-14(20-13-8-4-3-5-9-13)15(19)17-16(12-18)10-6-7-11-16/h3-5,8-9,14,18H,2,6-7,10-12H2,1H3,(H,17,19). The van der Waals surface area contributed by atoms with Crippen molar-refractivity contribution in [1.82, 2.24) is 5.32 Å². The second-order valence-corrected chi connectivity index (χ2v) is 5.46. The van der Waals surface area contributed by atoms with Crippen LogP contribution in [0.1, 0.15) is 39.0 Å². The van der Waals surface area contributed by atoms with Crippen LogP contribution in [-0.4, -0.2) is 29.3 Å². The van der Waals surface area contributed by atoms with E-state index in [4.69, 9.17) is 4.74 Å². The first-order valence-corrected chi connectivity index (χ1v) is 7.34. The van der Waals surface area contributed by atoms with Crippen LogP contribution in [0.4, 0.5) is 0 Å². The molecule has 0 aromatic heterocycles. The smallest absolute Gasteiger partial charge is 0.261 e. The molecule has 1 aromatic rings. The first kappa shape index (κ1) is 14.9. The minimum Gasteiger partial charge on any atom is -0.481 e. The molecule has 1 aliphatic rings. The van der Waals surface area contributed by atoms with E-state index in [1.165, 1.54) is 0 Å². The van der Waals surface area contributed by atoms with Gasteiger partial charge >= 0.3 is 0 Å². The van der Waals surface area contributed by atoms with Gasteiger partial charge < -0.3 is 15.2 Å². The predicted molar refractivity (Wildman–Crippen MR) is 77.6 cm³/mol. The number of benzene rings is 1. The molecule has 1 atom stereocenters. The first-order valence-electron chi connectivity index (χ1n) is 7.34. The lowest BCUT2D eigenvalue weighted by Gasteiger charge is -2.30. The summed E-state index contributed by atoms with van der Waals surface area (Å²) in [5.74, 6) is 0.561. The summed E-state index contributed by atoms with van der Waals surface area (Å²) in [6.07, 6.45) is 3.88. The zero-order chi connectivity index (χ0) is 14.4. The van der Waals surface area contributed by atoms with Crippen molar-refractivity contribution in [3.8, 4) is 5.75 Å². The minimum absolute atomic E-state index is 0.000507. The van der Waals surface area contributed by atoms with Gasteiger partial charge in [0.05, 0.1) is 12.1 Å². The number of hydrogen-bond acceptors (Lipinski definition) is 3. The fourth-order valence-electron chi connectivity index (χ4n) is 2.70. The van der Waals surface area contributed by atoms with Gasteiger partial charge in [0.15, 0.2) is 6.10 Å². The van der Waals surface area contributed by atoms with E-state index < -0.39 is 11.6 Å². The van der Waals surface area contributed by atoms with Crippen molar-refractivity contribution in [2.24, 2.45) is 0 Å². The van der Waals surface area contributed by atoms with Gasteiger partial charge in [-0.05, 0) is 31.4 Å². The Bertz CT molecular complexity index is 427. The zero-order valence-corrected chi connectivity index (χ0v) is 12.0. The molecule has 0 spiro atoms. The molecule has 0 heterocycles. The van der Waals surface area contributed by atoms with Crippen LogP contribution in [0.3, 0.4) is 0 Å². The van der Waals surface area contributed by atoms with Crippen LogP contribution >= 0.6 is 0 Å². The fraction of sp³-hybridized carbons (Fsp3) is 0.562. The monoisotopic (exact) mass is 277 g/mol. The van der Waals surface area contributed by atoms with Crippen molar-refractivity contribution in [3.05, 3.63) is 30.3 Å². The zero-order valence-electron chi connectivity index (χ0n) is 12.0. The lowest BCUT2D eigenvalue weighted by Crippen LogP contribution is -2.53. The van der Waals surface area contributed by atoms with Gasteiger partial charge in [-0.25, -0.2) is 0 Å². The van der Waals surface area contributed by atoms with E-state index in [0.717, 1.165) is 25.7 Å². The van der Waals surface area contributed by atoms with Crippen LogP contribution in [0.15, 0.2) is 30.3 Å². The van der Waals surface area contributed by atoms with E-state index in [0.29, 0.717) is 12.2 Å². The van der Waals surface area contributed by atoms with Crippen LogP contribution in [0, 0.1) is 0 Å². The topological polar surface area (TPSA) is 58.6 Å². The molecule has 1 aliphatic carbocycles. The van der Waals surface area contributed by atoms with E-state index in [-0.39, 0.29) is 12.5 Å². The summed E-state index contributed by atoms with van der Waals surface area (Å²) >= 11 is 0. The van der Waals surface area contributed by atoms with Crippen LogP contribution in [-0.2, 0) is 4.79 Å². The molecule has 1 fully saturated rings. The number of aliphatic hydroxyl groups excluding tert-OH is 1. The quantitative estimate of drug-likeness (QED) is 0.838. The predicted octanol–water partition coefficient (Wildman–Crippen LogP) is 2.27. The fourth-order valence-corrected chi connectivity index (χ4v) is 2.70. The van der Waals surface area contributed by atoms with Crippen molar-refractivity contribution < 1.29 is 14.6 Å². The highest BCUT2D eigenvalue weighted by molar-refractivity contribution is 5.81. The number of aliphatic hydroxyl groups is 1. The molecule has 1 unspecified atom stereocenters. The molecule has 0 radical (unpaired) electrons. The largest absolute Gasteiger partial charge is 0.481 e. The van der Waals surface area contributed by atoms with Gasteiger partial charge in [0.2, 0.25) is 0 Å². The number of nitrogens with one attached hydrogen (secondary N) is 1. The van der Waals surface area contributed by atoms with Gasteiger partial charge in [-0.15, -0.1) is 0 Å². The Hall–Kier alpha value is -1.55. The molecule has 0 saturated heterocycles. The highest BCUT2D eigenvalue weighted by atomic mass is 16.5. The average molecular weight is 277 g/mol.